The second-order valence-corrected chi connectivity index (χ2v) is 5.50. The third kappa shape index (κ3) is 2.14. The summed E-state index contributed by atoms with van der Waals surface area (Å²) >= 11 is 0. The number of fused-ring (bicyclic) bond motifs is 1. The summed E-state index contributed by atoms with van der Waals surface area (Å²) in [5, 5.41) is 1.08. The van der Waals surface area contributed by atoms with Crippen LogP contribution in [0.2, 0.25) is 0 Å². The van der Waals surface area contributed by atoms with Gasteiger partial charge in [-0.05, 0) is 18.6 Å². The average Bonchev–Trinajstić information content (AvgIpc) is 3.24. The van der Waals surface area contributed by atoms with Crippen molar-refractivity contribution in [3.63, 3.8) is 0 Å². The maximum atomic E-state index is 4.48. The van der Waals surface area contributed by atoms with E-state index < -0.39 is 0 Å². The number of aromatic nitrogens is 5. The number of anilines is 2. The van der Waals surface area contributed by atoms with E-state index in [9.17, 15) is 0 Å². The number of nitrogens with one attached hydrogen (secondary N) is 1. The van der Waals surface area contributed by atoms with Gasteiger partial charge in [0.2, 0.25) is 0 Å². The van der Waals surface area contributed by atoms with Crippen LogP contribution in [0.5, 0.6) is 0 Å². The number of likely N-dealkylation sites (N-methyl/N-ethyl adjacent to an activating group) is 1. The van der Waals surface area contributed by atoms with Crippen LogP contribution in [0.4, 0.5) is 11.6 Å². The Morgan fingerprint density at radius 1 is 1.23 bits per heavy atom. The Kier molecular flexibility index (Phi) is 3.10. The summed E-state index contributed by atoms with van der Waals surface area (Å²) < 4.78 is 0. The van der Waals surface area contributed by atoms with Crippen LogP contribution in [-0.4, -0.2) is 51.1 Å². The molecule has 0 radical (unpaired) electrons. The fraction of sp³-hybridized carbons (Fsp3) is 0.333. The first kappa shape index (κ1) is 13.0. The highest BCUT2D eigenvalue weighted by atomic mass is 15.3. The van der Waals surface area contributed by atoms with E-state index in [1.165, 1.54) is 0 Å². The van der Waals surface area contributed by atoms with Crippen molar-refractivity contribution >= 4 is 22.7 Å². The third-order valence-corrected chi connectivity index (χ3v) is 4.27. The molecule has 0 spiro atoms. The predicted octanol–water partition coefficient (Wildman–Crippen LogP) is 1.46. The van der Waals surface area contributed by atoms with Crippen molar-refractivity contribution in [1.82, 2.24) is 24.9 Å². The molecule has 1 aliphatic heterocycles. The van der Waals surface area contributed by atoms with Crippen molar-refractivity contribution < 1.29 is 0 Å². The van der Waals surface area contributed by atoms with E-state index in [1.807, 2.05) is 18.3 Å². The molecule has 0 amide bonds. The van der Waals surface area contributed by atoms with Crippen molar-refractivity contribution in [2.45, 2.75) is 12.5 Å². The Morgan fingerprint density at radius 2 is 2.18 bits per heavy atom. The van der Waals surface area contributed by atoms with E-state index in [0.717, 1.165) is 42.2 Å². The molecule has 4 rings (SSSR count). The molecule has 22 heavy (non-hydrogen) atoms. The third-order valence-electron chi connectivity index (χ3n) is 4.27. The number of hydrogen-bond donors (Lipinski definition) is 1. The fourth-order valence-electron chi connectivity index (χ4n) is 3.04. The zero-order valence-corrected chi connectivity index (χ0v) is 12.3. The highest BCUT2D eigenvalue weighted by molar-refractivity contribution is 5.87. The lowest BCUT2D eigenvalue weighted by atomic mass is 10.2. The Labute approximate surface area is 128 Å². The fourth-order valence-corrected chi connectivity index (χ4v) is 3.04. The molecule has 0 aromatic carbocycles. The molecule has 4 heterocycles. The zero-order chi connectivity index (χ0) is 14.9. The lowest BCUT2D eigenvalue weighted by Gasteiger charge is -2.26. The molecule has 0 saturated carbocycles. The second kappa shape index (κ2) is 5.25. The van der Waals surface area contributed by atoms with Gasteiger partial charge in [-0.2, -0.15) is 0 Å². The summed E-state index contributed by atoms with van der Waals surface area (Å²) in [6.45, 7) is 1.91. The maximum absolute atomic E-state index is 4.48. The lowest BCUT2D eigenvalue weighted by Crippen LogP contribution is -2.35. The van der Waals surface area contributed by atoms with Crippen LogP contribution in [-0.2, 0) is 0 Å². The summed E-state index contributed by atoms with van der Waals surface area (Å²) in [4.78, 5) is 24.7. The normalized spacial score (nSPS) is 18.0. The maximum Gasteiger partial charge on any atom is 0.142 e. The van der Waals surface area contributed by atoms with Gasteiger partial charge in [0.15, 0.2) is 0 Å². The first-order valence-electron chi connectivity index (χ1n) is 7.35. The molecule has 7 heteroatoms. The molecule has 1 aliphatic rings. The quantitative estimate of drug-likeness (QED) is 0.788. The monoisotopic (exact) mass is 295 g/mol. The van der Waals surface area contributed by atoms with Crippen molar-refractivity contribution in [1.29, 1.82) is 0 Å². The van der Waals surface area contributed by atoms with Crippen LogP contribution >= 0.6 is 0 Å². The van der Waals surface area contributed by atoms with Gasteiger partial charge in [0.05, 0.1) is 5.39 Å². The minimum absolute atomic E-state index is 0.416. The van der Waals surface area contributed by atoms with Gasteiger partial charge < -0.3 is 14.8 Å². The number of rotatable bonds is 3. The molecule has 1 saturated heterocycles. The molecule has 1 fully saturated rings. The van der Waals surface area contributed by atoms with E-state index in [1.54, 1.807) is 18.9 Å². The molecule has 0 bridgehead atoms. The van der Waals surface area contributed by atoms with Crippen LogP contribution in [0, 0.1) is 0 Å². The topological polar surface area (TPSA) is 73.8 Å². The number of aromatic amines is 1. The largest absolute Gasteiger partial charge is 0.355 e. The minimum atomic E-state index is 0.416. The number of nitrogens with zero attached hydrogens (tertiary/aromatic N) is 6. The number of hydrogen-bond acceptors (Lipinski definition) is 6. The summed E-state index contributed by atoms with van der Waals surface area (Å²) in [6.07, 6.45) is 7.97. The van der Waals surface area contributed by atoms with Gasteiger partial charge in [0.25, 0.3) is 0 Å². The Hall–Kier alpha value is -2.70. The molecule has 0 aliphatic carbocycles. The Morgan fingerprint density at radius 3 is 3.05 bits per heavy atom. The van der Waals surface area contributed by atoms with Gasteiger partial charge in [0.1, 0.15) is 29.9 Å². The van der Waals surface area contributed by atoms with Crippen molar-refractivity contribution in [2.24, 2.45) is 0 Å². The Balaban J connectivity index is 1.56. The van der Waals surface area contributed by atoms with Gasteiger partial charge in [-0.3, -0.25) is 0 Å². The van der Waals surface area contributed by atoms with Crippen LogP contribution in [0.25, 0.3) is 11.0 Å². The summed E-state index contributed by atoms with van der Waals surface area (Å²) in [6, 6.07) is 4.39. The van der Waals surface area contributed by atoms with Gasteiger partial charge in [0, 0.05) is 38.6 Å². The second-order valence-electron chi connectivity index (χ2n) is 5.50. The molecule has 1 unspecified atom stereocenters. The molecular weight excluding hydrogens is 278 g/mol. The number of H-pyrrole nitrogens is 1. The summed E-state index contributed by atoms with van der Waals surface area (Å²) in [5.74, 6) is 1.96. The molecule has 1 atom stereocenters. The van der Waals surface area contributed by atoms with E-state index in [4.69, 9.17) is 0 Å². The highest BCUT2D eigenvalue weighted by Gasteiger charge is 2.28. The van der Waals surface area contributed by atoms with E-state index in [2.05, 4.69) is 41.8 Å². The SMILES string of the molecule is CN(c1ccncn1)C1CCN(c2ncnc3[nH]ccc23)C1. The lowest BCUT2D eigenvalue weighted by molar-refractivity contribution is 0.683. The Bertz CT molecular complexity index is 770. The van der Waals surface area contributed by atoms with Crippen LogP contribution < -0.4 is 9.80 Å². The van der Waals surface area contributed by atoms with E-state index >= 15 is 0 Å². The highest BCUT2D eigenvalue weighted by Crippen LogP contribution is 2.27. The molecule has 112 valence electrons. The van der Waals surface area contributed by atoms with Crippen molar-refractivity contribution in [3.8, 4) is 0 Å². The zero-order valence-electron chi connectivity index (χ0n) is 12.3. The molecular formula is C15H17N7. The smallest absolute Gasteiger partial charge is 0.142 e. The van der Waals surface area contributed by atoms with Gasteiger partial charge in [-0.1, -0.05) is 0 Å². The molecule has 1 N–H and O–H groups in total. The summed E-state index contributed by atoms with van der Waals surface area (Å²) in [7, 11) is 2.09. The predicted molar refractivity (Wildman–Crippen MR) is 84.9 cm³/mol. The van der Waals surface area contributed by atoms with Crippen molar-refractivity contribution in [2.75, 3.05) is 29.9 Å². The first-order valence-corrected chi connectivity index (χ1v) is 7.35. The van der Waals surface area contributed by atoms with Gasteiger partial charge in [-0.25, -0.2) is 19.9 Å². The molecule has 7 nitrogen and oxygen atoms in total. The summed E-state index contributed by atoms with van der Waals surface area (Å²) in [5.41, 5.74) is 0.887. The van der Waals surface area contributed by atoms with E-state index in [-0.39, 0.29) is 0 Å². The molecule has 3 aromatic rings. The minimum Gasteiger partial charge on any atom is -0.355 e. The standard InChI is InChI=1S/C15H17N7/c1-21(13-3-5-16-9-18-13)11-4-7-22(8-11)15-12-2-6-17-14(12)19-10-20-15/h2-3,5-6,9-11H,4,7-8H2,1H3,(H,17,19,20). The van der Waals surface area contributed by atoms with Crippen LogP contribution in [0.3, 0.4) is 0 Å². The van der Waals surface area contributed by atoms with E-state index in [0.29, 0.717) is 6.04 Å². The van der Waals surface area contributed by atoms with Gasteiger partial charge in [-0.15, -0.1) is 0 Å². The van der Waals surface area contributed by atoms with Crippen molar-refractivity contribution in [3.05, 3.63) is 37.2 Å². The van der Waals surface area contributed by atoms with Crippen LogP contribution in [0.15, 0.2) is 37.2 Å². The molecule has 3 aromatic heterocycles. The van der Waals surface area contributed by atoms with Crippen LogP contribution in [0.1, 0.15) is 6.42 Å². The van der Waals surface area contributed by atoms with Gasteiger partial charge >= 0.3 is 0 Å². The first-order chi connectivity index (χ1) is 10.8. The average molecular weight is 295 g/mol.